The number of aliphatic hydroxyl groups excluding tert-OH is 1. The van der Waals surface area contributed by atoms with E-state index in [-0.39, 0.29) is 23.2 Å². The number of methoxy groups -OCH3 is 2. The lowest BCUT2D eigenvalue weighted by Crippen LogP contribution is -2.06. The average Bonchev–Trinajstić information content (AvgIpc) is 2.55. The molecule has 0 saturated carbocycles. The lowest BCUT2D eigenvalue weighted by atomic mass is 10.3. The van der Waals surface area contributed by atoms with Crippen LogP contribution in [0.25, 0.3) is 0 Å². The largest absolute Gasteiger partial charge is 0.491 e. The van der Waals surface area contributed by atoms with Crippen LogP contribution in [0.2, 0.25) is 0 Å². The molecule has 7 heteroatoms. The van der Waals surface area contributed by atoms with Crippen LogP contribution >= 0.6 is 0 Å². The fourth-order valence-electron chi connectivity index (χ4n) is 1.62. The Hall–Kier alpha value is -2.54. The van der Waals surface area contributed by atoms with Gasteiger partial charge in [0.15, 0.2) is 11.5 Å². The summed E-state index contributed by atoms with van der Waals surface area (Å²) < 4.78 is 9.52. The van der Waals surface area contributed by atoms with Crippen molar-refractivity contribution < 1.29 is 14.6 Å². The Kier molecular flexibility index (Phi) is 6.91. The molecule has 3 N–H and O–H groups in total. The molecule has 0 amide bonds. The van der Waals surface area contributed by atoms with Crippen molar-refractivity contribution in [2.24, 2.45) is 0 Å². The van der Waals surface area contributed by atoms with Crippen LogP contribution in [-0.4, -0.2) is 29.3 Å². The zero-order valence-electron chi connectivity index (χ0n) is 12.8. The zero-order valence-corrected chi connectivity index (χ0v) is 12.8. The Morgan fingerprint density at radius 2 is 1.41 bits per heavy atom. The molecule has 0 fully saturated rings. The molecule has 0 bridgehead atoms. The van der Waals surface area contributed by atoms with E-state index in [0.29, 0.717) is 11.4 Å². The predicted octanol–water partition coefficient (Wildman–Crippen LogP) is 0.822. The van der Waals surface area contributed by atoms with Gasteiger partial charge in [-0.05, 0) is 6.42 Å². The average molecular weight is 308 g/mol. The number of nitrogens with one attached hydrogen (secondary N) is 2. The number of rotatable bonds is 4. The summed E-state index contributed by atoms with van der Waals surface area (Å²) >= 11 is 0. The molecule has 0 spiro atoms. The van der Waals surface area contributed by atoms with Gasteiger partial charge < -0.3 is 24.5 Å². The third-order valence-corrected chi connectivity index (χ3v) is 2.86. The van der Waals surface area contributed by atoms with Gasteiger partial charge in [-0.2, -0.15) is 0 Å². The fourth-order valence-corrected chi connectivity index (χ4v) is 1.62. The Morgan fingerprint density at radius 1 is 0.955 bits per heavy atom. The summed E-state index contributed by atoms with van der Waals surface area (Å²) in [4.78, 5) is 27.7. The summed E-state index contributed by atoms with van der Waals surface area (Å²) in [6.07, 6.45) is 3.84. The molecule has 0 unspecified atom stereocenters. The van der Waals surface area contributed by atoms with E-state index < -0.39 is 0 Å². The molecule has 0 aliphatic rings. The van der Waals surface area contributed by atoms with Crippen LogP contribution in [0.15, 0.2) is 34.1 Å². The molecule has 0 aromatic carbocycles. The van der Waals surface area contributed by atoms with E-state index in [4.69, 9.17) is 14.6 Å². The molecule has 2 heterocycles. The highest BCUT2D eigenvalue weighted by Crippen LogP contribution is 2.00. The first-order chi connectivity index (χ1) is 10.5. The SMILES string of the molecule is CCc1cc(=O)c(OC)c[nH]1.COc1c[nH]c(CO)cc1=O. The number of aromatic amines is 2. The second kappa shape index (κ2) is 8.68. The van der Waals surface area contributed by atoms with Crippen LogP contribution in [0.3, 0.4) is 0 Å². The van der Waals surface area contributed by atoms with E-state index in [0.717, 1.165) is 12.1 Å². The molecule has 0 radical (unpaired) electrons. The van der Waals surface area contributed by atoms with Crippen molar-refractivity contribution in [3.8, 4) is 11.5 Å². The number of pyridine rings is 2. The highest BCUT2D eigenvalue weighted by molar-refractivity contribution is 5.20. The fraction of sp³-hybridized carbons (Fsp3) is 0.333. The quantitative estimate of drug-likeness (QED) is 0.776. The maximum absolute atomic E-state index is 11.1. The Morgan fingerprint density at radius 3 is 1.77 bits per heavy atom. The van der Waals surface area contributed by atoms with E-state index in [1.165, 1.54) is 26.5 Å². The summed E-state index contributed by atoms with van der Waals surface area (Å²) in [5.41, 5.74) is 1.12. The number of H-pyrrole nitrogens is 2. The van der Waals surface area contributed by atoms with E-state index in [1.54, 1.807) is 12.3 Å². The molecule has 0 aliphatic heterocycles. The lowest BCUT2D eigenvalue weighted by Gasteiger charge is -1.99. The Labute approximate surface area is 127 Å². The Balaban J connectivity index is 0.000000220. The number of hydrogen-bond acceptors (Lipinski definition) is 5. The van der Waals surface area contributed by atoms with Crippen LogP contribution in [0.4, 0.5) is 0 Å². The molecule has 7 nitrogen and oxygen atoms in total. The van der Waals surface area contributed by atoms with Gasteiger partial charge in [0.1, 0.15) is 0 Å². The molecule has 0 aliphatic carbocycles. The van der Waals surface area contributed by atoms with E-state index in [9.17, 15) is 9.59 Å². The standard InChI is InChI=1S/C8H11NO2.C7H9NO3/c1-3-6-4-7(10)8(11-2)5-9-6;1-11-7-3-8-5(4-9)2-6(7)10/h4-5H,3H2,1-2H3,(H,9,10);2-3,9H,4H2,1H3,(H,8,10). The number of hydrogen-bond donors (Lipinski definition) is 3. The molecule has 2 aromatic heterocycles. The second-order valence-corrected chi connectivity index (χ2v) is 4.29. The third kappa shape index (κ3) is 4.78. The van der Waals surface area contributed by atoms with Crippen molar-refractivity contribution in [3.63, 3.8) is 0 Å². The van der Waals surface area contributed by atoms with Crippen molar-refractivity contribution in [2.45, 2.75) is 20.0 Å². The molecule has 2 rings (SSSR count). The van der Waals surface area contributed by atoms with Crippen LogP contribution in [0.5, 0.6) is 11.5 Å². The lowest BCUT2D eigenvalue weighted by molar-refractivity contribution is 0.276. The van der Waals surface area contributed by atoms with Crippen LogP contribution < -0.4 is 20.3 Å². The number of aryl methyl sites for hydroxylation is 1. The zero-order chi connectivity index (χ0) is 16.5. The molecule has 0 atom stereocenters. The first-order valence-electron chi connectivity index (χ1n) is 6.67. The maximum atomic E-state index is 11.1. The van der Waals surface area contributed by atoms with Crippen LogP contribution in [0, 0.1) is 0 Å². The molecular weight excluding hydrogens is 288 g/mol. The molecule has 22 heavy (non-hydrogen) atoms. The maximum Gasteiger partial charge on any atom is 0.223 e. The minimum Gasteiger partial charge on any atom is -0.491 e. The highest BCUT2D eigenvalue weighted by atomic mass is 16.5. The third-order valence-electron chi connectivity index (χ3n) is 2.86. The number of aliphatic hydroxyl groups is 1. The van der Waals surface area contributed by atoms with Gasteiger partial charge in [-0.3, -0.25) is 9.59 Å². The van der Waals surface area contributed by atoms with Gasteiger partial charge in [0.25, 0.3) is 0 Å². The van der Waals surface area contributed by atoms with Crippen molar-refractivity contribution in [2.75, 3.05) is 14.2 Å². The summed E-state index contributed by atoms with van der Waals surface area (Å²) in [5, 5.41) is 8.61. The molecule has 120 valence electrons. The second-order valence-electron chi connectivity index (χ2n) is 4.29. The minimum absolute atomic E-state index is 0.0666. The normalized spacial score (nSPS) is 9.64. The van der Waals surface area contributed by atoms with Crippen LogP contribution in [-0.2, 0) is 13.0 Å². The first-order valence-corrected chi connectivity index (χ1v) is 6.67. The van der Waals surface area contributed by atoms with Gasteiger partial charge in [-0.1, -0.05) is 6.92 Å². The van der Waals surface area contributed by atoms with Crippen molar-refractivity contribution in [3.05, 3.63) is 56.4 Å². The summed E-state index contributed by atoms with van der Waals surface area (Å²) in [6, 6.07) is 2.86. The highest BCUT2D eigenvalue weighted by Gasteiger charge is 1.98. The van der Waals surface area contributed by atoms with Crippen molar-refractivity contribution >= 4 is 0 Å². The Bertz CT molecular complexity index is 644. The smallest absolute Gasteiger partial charge is 0.223 e. The minimum atomic E-state index is -0.227. The summed E-state index contributed by atoms with van der Waals surface area (Å²) in [5.74, 6) is 0.615. The number of ether oxygens (including phenoxy) is 2. The molecule has 2 aromatic rings. The van der Waals surface area contributed by atoms with Gasteiger partial charge >= 0.3 is 0 Å². The van der Waals surface area contributed by atoms with Gasteiger partial charge in [-0.15, -0.1) is 0 Å². The van der Waals surface area contributed by atoms with Crippen LogP contribution in [0.1, 0.15) is 18.3 Å². The van der Waals surface area contributed by atoms with E-state index in [2.05, 4.69) is 9.97 Å². The topological polar surface area (TPSA) is 104 Å². The van der Waals surface area contributed by atoms with E-state index in [1.807, 2.05) is 6.92 Å². The van der Waals surface area contributed by atoms with Crippen molar-refractivity contribution in [1.29, 1.82) is 0 Å². The van der Waals surface area contributed by atoms with Gasteiger partial charge in [0.05, 0.1) is 20.8 Å². The summed E-state index contributed by atoms with van der Waals surface area (Å²) in [7, 11) is 2.90. The summed E-state index contributed by atoms with van der Waals surface area (Å²) in [6.45, 7) is 1.82. The molecular formula is C15H20N2O5. The van der Waals surface area contributed by atoms with Crippen molar-refractivity contribution in [1.82, 2.24) is 9.97 Å². The monoisotopic (exact) mass is 308 g/mol. The van der Waals surface area contributed by atoms with Gasteiger partial charge in [0, 0.05) is 35.9 Å². The molecule has 0 saturated heterocycles. The predicted molar refractivity (Wildman–Crippen MR) is 82.5 cm³/mol. The number of aromatic nitrogens is 2. The first kappa shape index (κ1) is 17.5. The van der Waals surface area contributed by atoms with E-state index >= 15 is 0 Å². The van der Waals surface area contributed by atoms with Gasteiger partial charge in [0.2, 0.25) is 10.9 Å². The van der Waals surface area contributed by atoms with Gasteiger partial charge in [-0.25, -0.2) is 0 Å².